The Morgan fingerprint density at radius 3 is 2.29 bits per heavy atom. The fourth-order valence-electron chi connectivity index (χ4n) is 3.86. The quantitative estimate of drug-likeness (QED) is 0.627. The van der Waals surface area contributed by atoms with Gasteiger partial charge in [-0.2, -0.15) is 9.78 Å². The summed E-state index contributed by atoms with van der Waals surface area (Å²) >= 11 is 0. The van der Waals surface area contributed by atoms with E-state index in [-0.39, 0.29) is 30.4 Å². The van der Waals surface area contributed by atoms with Crippen molar-refractivity contribution in [3.8, 4) is 5.69 Å². The maximum Gasteiger partial charge on any atom is 0.272 e. The van der Waals surface area contributed by atoms with E-state index in [4.69, 9.17) is 4.74 Å². The second-order valence-electron chi connectivity index (χ2n) is 8.29. The van der Waals surface area contributed by atoms with Gasteiger partial charge in [0.25, 0.3) is 17.4 Å². The molecule has 0 aliphatic carbocycles. The first-order chi connectivity index (χ1) is 16.3. The van der Waals surface area contributed by atoms with Gasteiger partial charge in [-0.3, -0.25) is 14.4 Å². The molecule has 2 amide bonds. The number of carbonyl (C=O) groups is 2. The lowest BCUT2D eigenvalue weighted by Crippen LogP contribution is -2.48. The molecule has 0 radical (unpaired) electrons. The van der Waals surface area contributed by atoms with Crippen LogP contribution in [0.5, 0.6) is 0 Å². The highest BCUT2D eigenvalue weighted by atomic mass is 19.1. The van der Waals surface area contributed by atoms with Crippen molar-refractivity contribution in [2.75, 3.05) is 13.1 Å². The molecular formula is C25H25FN4O4. The number of rotatable bonds is 5. The molecule has 0 bridgehead atoms. The lowest BCUT2D eigenvalue weighted by atomic mass is 10.1. The number of hydrogen-bond acceptors (Lipinski definition) is 5. The fraction of sp³-hybridized carbons (Fsp3) is 0.280. The fourth-order valence-corrected chi connectivity index (χ4v) is 3.86. The number of morpholine rings is 1. The van der Waals surface area contributed by atoms with Crippen LogP contribution in [0.1, 0.15) is 40.3 Å². The molecule has 9 heteroatoms. The van der Waals surface area contributed by atoms with Crippen LogP contribution in [0.15, 0.2) is 65.5 Å². The second-order valence-corrected chi connectivity index (χ2v) is 8.29. The molecular weight excluding hydrogens is 439 g/mol. The molecule has 1 aromatic heterocycles. The topological polar surface area (TPSA) is 93.5 Å². The first-order valence-electron chi connectivity index (χ1n) is 11.0. The van der Waals surface area contributed by atoms with Crippen molar-refractivity contribution in [3.05, 3.63) is 93.7 Å². The molecule has 4 rings (SSSR count). The van der Waals surface area contributed by atoms with Gasteiger partial charge in [0.1, 0.15) is 11.5 Å². The minimum atomic E-state index is -0.465. The maximum absolute atomic E-state index is 13.2. The third-order valence-corrected chi connectivity index (χ3v) is 5.46. The summed E-state index contributed by atoms with van der Waals surface area (Å²) in [4.78, 5) is 39.3. The number of benzene rings is 2. The van der Waals surface area contributed by atoms with Gasteiger partial charge in [0.2, 0.25) is 0 Å². The van der Waals surface area contributed by atoms with Crippen LogP contribution < -0.4 is 10.9 Å². The van der Waals surface area contributed by atoms with Crippen LogP contribution >= 0.6 is 0 Å². The predicted octanol–water partition coefficient (Wildman–Crippen LogP) is 2.55. The van der Waals surface area contributed by atoms with E-state index in [1.54, 1.807) is 29.2 Å². The van der Waals surface area contributed by atoms with Crippen molar-refractivity contribution in [2.45, 2.75) is 32.6 Å². The first-order valence-corrected chi connectivity index (χ1v) is 11.0. The molecule has 2 aromatic carbocycles. The summed E-state index contributed by atoms with van der Waals surface area (Å²) in [5.41, 5.74) is 1.34. The molecule has 0 saturated carbocycles. The molecule has 2 atom stereocenters. The number of hydrogen-bond donors (Lipinski definition) is 1. The molecule has 1 aliphatic heterocycles. The van der Waals surface area contributed by atoms with Crippen molar-refractivity contribution in [3.63, 3.8) is 0 Å². The number of nitrogens with one attached hydrogen (secondary N) is 1. The molecule has 0 spiro atoms. The van der Waals surface area contributed by atoms with Crippen molar-refractivity contribution < 1.29 is 18.7 Å². The summed E-state index contributed by atoms with van der Waals surface area (Å²) in [6.45, 7) is 5.21. The van der Waals surface area contributed by atoms with E-state index in [1.165, 1.54) is 36.4 Å². The Kier molecular flexibility index (Phi) is 6.83. The number of halogens is 1. The summed E-state index contributed by atoms with van der Waals surface area (Å²) in [6.07, 6.45) is -0.0126. The van der Waals surface area contributed by atoms with E-state index in [1.807, 2.05) is 13.8 Å². The summed E-state index contributed by atoms with van der Waals surface area (Å²) in [6, 6.07) is 14.9. The SMILES string of the molecule is CC1CN(C(=O)c2ccc(CNC(=O)c3ccc(=O)n(-c4ccc(F)cc4)n3)cc2)CC(C)O1. The molecule has 2 heterocycles. The lowest BCUT2D eigenvalue weighted by Gasteiger charge is -2.35. The van der Waals surface area contributed by atoms with Crippen LogP contribution in [-0.2, 0) is 11.3 Å². The Labute approximate surface area is 196 Å². The molecule has 176 valence electrons. The van der Waals surface area contributed by atoms with Crippen molar-refractivity contribution >= 4 is 11.8 Å². The average molecular weight is 464 g/mol. The van der Waals surface area contributed by atoms with E-state index in [0.717, 1.165) is 10.2 Å². The largest absolute Gasteiger partial charge is 0.372 e. The smallest absolute Gasteiger partial charge is 0.272 e. The van der Waals surface area contributed by atoms with Gasteiger partial charge >= 0.3 is 0 Å². The molecule has 1 N–H and O–H groups in total. The summed E-state index contributed by atoms with van der Waals surface area (Å²) in [5, 5.41) is 6.85. The highest BCUT2D eigenvalue weighted by molar-refractivity contribution is 5.94. The highest BCUT2D eigenvalue weighted by Crippen LogP contribution is 2.15. The number of amides is 2. The zero-order valence-corrected chi connectivity index (χ0v) is 18.9. The van der Waals surface area contributed by atoms with Crippen LogP contribution in [0, 0.1) is 5.82 Å². The van der Waals surface area contributed by atoms with E-state index in [0.29, 0.717) is 24.3 Å². The Bertz CT molecular complexity index is 1230. The van der Waals surface area contributed by atoms with E-state index >= 15 is 0 Å². The van der Waals surface area contributed by atoms with Gasteiger partial charge in [0.15, 0.2) is 0 Å². The zero-order chi connectivity index (χ0) is 24.2. The third-order valence-electron chi connectivity index (χ3n) is 5.46. The van der Waals surface area contributed by atoms with Crippen LogP contribution in [0.25, 0.3) is 5.69 Å². The molecule has 8 nitrogen and oxygen atoms in total. The second kappa shape index (κ2) is 9.96. The van der Waals surface area contributed by atoms with Gasteiger partial charge in [-0.25, -0.2) is 4.39 Å². The Hall–Kier alpha value is -3.85. The lowest BCUT2D eigenvalue weighted by molar-refractivity contribution is -0.0586. The summed E-state index contributed by atoms with van der Waals surface area (Å²) in [5.74, 6) is -0.954. The predicted molar refractivity (Wildman–Crippen MR) is 123 cm³/mol. The van der Waals surface area contributed by atoms with Crippen LogP contribution in [-0.4, -0.2) is 51.8 Å². The van der Waals surface area contributed by atoms with Gasteiger partial charge in [-0.15, -0.1) is 0 Å². The van der Waals surface area contributed by atoms with E-state index in [2.05, 4.69) is 10.4 Å². The van der Waals surface area contributed by atoms with Gasteiger partial charge in [0, 0.05) is 31.3 Å². The first kappa shape index (κ1) is 23.3. The average Bonchev–Trinajstić information content (AvgIpc) is 2.83. The van der Waals surface area contributed by atoms with Crippen LogP contribution in [0.4, 0.5) is 4.39 Å². The molecule has 2 unspecified atom stereocenters. The highest BCUT2D eigenvalue weighted by Gasteiger charge is 2.26. The minimum absolute atomic E-state index is 0.00629. The van der Waals surface area contributed by atoms with E-state index in [9.17, 15) is 18.8 Å². The summed E-state index contributed by atoms with van der Waals surface area (Å²) in [7, 11) is 0. The Balaban J connectivity index is 1.39. The summed E-state index contributed by atoms with van der Waals surface area (Å²) < 4.78 is 19.9. The van der Waals surface area contributed by atoms with E-state index < -0.39 is 17.3 Å². The maximum atomic E-state index is 13.2. The third kappa shape index (κ3) is 5.37. The Morgan fingerprint density at radius 2 is 1.65 bits per heavy atom. The van der Waals surface area contributed by atoms with Gasteiger partial charge in [-0.1, -0.05) is 12.1 Å². The van der Waals surface area contributed by atoms with Crippen molar-refractivity contribution in [1.29, 1.82) is 0 Å². The normalized spacial score (nSPS) is 17.9. The molecule has 34 heavy (non-hydrogen) atoms. The number of nitrogens with zero attached hydrogens (tertiary/aromatic N) is 3. The van der Waals surface area contributed by atoms with Crippen molar-refractivity contribution in [1.82, 2.24) is 20.0 Å². The molecule has 3 aromatic rings. The molecule has 1 saturated heterocycles. The van der Waals surface area contributed by atoms with Crippen molar-refractivity contribution in [2.24, 2.45) is 0 Å². The van der Waals surface area contributed by atoms with Gasteiger partial charge < -0.3 is 15.0 Å². The van der Waals surface area contributed by atoms with Gasteiger partial charge in [-0.05, 0) is 61.9 Å². The standard InChI is InChI=1S/C25H25FN4O4/c1-16-14-29(15-17(2)34-16)25(33)19-5-3-18(4-6-19)13-27-24(32)22-11-12-23(31)30(28-22)21-9-7-20(26)8-10-21/h3-12,16-17H,13-15H2,1-2H3,(H,27,32). The molecule has 1 fully saturated rings. The molecule has 1 aliphatic rings. The van der Waals surface area contributed by atoms with Crippen LogP contribution in [0.3, 0.4) is 0 Å². The monoisotopic (exact) mass is 464 g/mol. The minimum Gasteiger partial charge on any atom is -0.372 e. The number of aromatic nitrogens is 2. The Morgan fingerprint density at radius 1 is 1.00 bits per heavy atom. The number of carbonyl (C=O) groups excluding carboxylic acids is 2. The number of ether oxygens (including phenoxy) is 1. The van der Waals surface area contributed by atoms with Gasteiger partial charge in [0.05, 0.1) is 17.9 Å². The zero-order valence-electron chi connectivity index (χ0n) is 18.9. The van der Waals surface area contributed by atoms with Crippen LogP contribution in [0.2, 0.25) is 0 Å².